The maximum absolute atomic E-state index is 11.3. The minimum absolute atomic E-state index is 0.251. The van der Waals surface area contributed by atoms with Gasteiger partial charge in [0.05, 0.1) is 5.41 Å². The number of rotatable bonds is 4. The summed E-state index contributed by atoms with van der Waals surface area (Å²) in [6, 6.07) is 3.87. The number of benzene rings is 1. The Kier molecular flexibility index (Phi) is 2.59. The topological polar surface area (TPSA) is 59.0 Å². The molecular formula is C14H17NO4. The van der Waals surface area contributed by atoms with Gasteiger partial charge in [0.2, 0.25) is 6.79 Å². The SMILES string of the molecule is Cc1cc2c(cc1N(C)CC1(C(=O)O)CC1)OCO2. The first kappa shape index (κ1) is 12.1. The van der Waals surface area contributed by atoms with Gasteiger partial charge in [-0.15, -0.1) is 0 Å². The molecule has 0 saturated heterocycles. The van der Waals surface area contributed by atoms with E-state index in [2.05, 4.69) is 0 Å². The standard InChI is InChI=1S/C14H17NO4/c1-9-5-11-12(19-8-18-11)6-10(9)15(2)7-14(3-4-14)13(16)17/h5-6H,3-4,7-8H2,1-2H3,(H,16,17). The van der Waals surface area contributed by atoms with E-state index < -0.39 is 11.4 Å². The number of carbonyl (C=O) groups is 1. The normalized spacial score (nSPS) is 18.2. The molecule has 1 heterocycles. The number of aryl methyl sites for hydroxylation is 1. The second-order valence-corrected chi connectivity index (χ2v) is 5.43. The monoisotopic (exact) mass is 263 g/mol. The number of aliphatic carboxylic acids is 1. The van der Waals surface area contributed by atoms with Crippen molar-refractivity contribution in [2.45, 2.75) is 19.8 Å². The average molecular weight is 263 g/mol. The van der Waals surface area contributed by atoms with Gasteiger partial charge in [0.25, 0.3) is 0 Å². The molecule has 3 rings (SSSR count). The molecule has 0 aromatic heterocycles. The Morgan fingerprint density at radius 2 is 2.00 bits per heavy atom. The molecule has 0 amide bonds. The van der Waals surface area contributed by atoms with Gasteiger partial charge in [0.15, 0.2) is 11.5 Å². The van der Waals surface area contributed by atoms with Crippen molar-refractivity contribution in [3.8, 4) is 11.5 Å². The van der Waals surface area contributed by atoms with Crippen LogP contribution in [0.15, 0.2) is 12.1 Å². The smallest absolute Gasteiger partial charge is 0.311 e. The van der Waals surface area contributed by atoms with Crippen molar-refractivity contribution in [1.82, 2.24) is 0 Å². The highest BCUT2D eigenvalue weighted by atomic mass is 16.7. The van der Waals surface area contributed by atoms with E-state index in [9.17, 15) is 9.90 Å². The summed E-state index contributed by atoms with van der Waals surface area (Å²) in [5.41, 5.74) is 1.50. The van der Waals surface area contributed by atoms with Crippen LogP contribution in [-0.2, 0) is 4.79 Å². The van der Waals surface area contributed by atoms with Gasteiger partial charge < -0.3 is 19.5 Å². The molecule has 0 spiro atoms. The van der Waals surface area contributed by atoms with E-state index in [0.717, 1.165) is 35.6 Å². The Labute approximate surface area is 111 Å². The quantitative estimate of drug-likeness (QED) is 0.900. The maximum atomic E-state index is 11.3. The number of carboxylic acid groups (broad SMARTS) is 1. The van der Waals surface area contributed by atoms with Gasteiger partial charge in [-0.3, -0.25) is 4.79 Å². The number of hydrogen-bond acceptors (Lipinski definition) is 4. The van der Waals surface area contributed by atoms with E-state index in [1.54, 1.807) is 0 Å². The third kappa shape index (κ3) is 1.99. The number of anilines is 1. The largest absolute Gasteiger partial charge is 0.481 e. The lowest BCUT2D eigenvalue weighted by Gasteiger charge is -2.25. The van der Waals surface area contributed by atoms with Gasteiger partial charge in [-0.1, -0.05) is 0 Å². The number of carboxylic acids is 1. The van der Waals surface area contributed by atoms with E-state index in [0.29, 0.717) is 6.54 Å². The summed E-state index contributed by atoms with van der Waals surface area (Å²) in [6.07, 6.45) is 1.52. The molecule has 1 aromatic rings. The van der Waals surface area contributed by atoms with Crippen LogP contribution in [0.25, 0.3) is 0 Å². The summed E-state index contributed by atoms with van der Waals surface area (Å²) < 4.78 is 10.7. The van der Waals surface area contributed by atoms with Crippen molar-refractivity contribution in [1.29, 1.82) is 0 Å². The van der Waals surface area contributed by atoms with Gasteiger partial charge in [0, 0.05) is 25.3 Å². The highest BCUT2D eigenvalue weighted by Gasteiger charge is 2.51. The molecule has 1 fully saturated rings. The van der Waals surface area contributed by atoms with Crippen LogP contribution < -0.4 is 14.4 Å². The van der Waals surface area contributed by atoms with Gasteiger partial charge in [-0.05, 0) is 31.4 Å². The lowest BCUT2D eigenvalue weighted by Crippen LogP contribution is -2.32. The molecule has 102 valence electrons. The van der Waals surface area contributed by atoms with Crippen LogP contribution >= 0.6 is 0 Å². The Morgan fingerprint density at radius 1 is 1.37 bits per heavy atom. The zero-order chi connectivity index (χ0) is 13.6. The Balaban J connectivity index is 1.84. The number of nitrogens with zero attached hydrogens (tertiary/aromatic N) is 1. The predicted molar refractivity (Wildman–Crippen MR) is 69.9 cm³/mol. The summed E-state index contributed by atoms with van der Waals surface area (Å²) in [5, 5.41) is 9.25. The Bertz CT molecular complexity index is 536. The summed E-state index contributed by atoms with van der Waals surface area (Å²) in [6.45, 7) is 2.78. The van der Waals surface area contributed by atoms with E-state index in [1.807, 2.05) is 31.0 Å². The molecular weight excluding hydrogens is 246 g/mol. The van der Waals surface area contributed by atoms with Crippen LogP contribution in [0.3, 0.4) is 0 Å². The first-order chi connectivity index (χ1) is 9.02. The highest BCUT2D eigenvalue weighted by molar-refractivity contribution is 5.79. The Morgan fingerprint density at radius 3 is 2.58 bits per heavy atom. The van der Waals surface area contributed by atoms with Gasteiger partial charge >= 0.3 is 5.97 Å². The summed E-state index contributed by atoms with van der Waals surface area (Å²) in [7, 11) is 1.92. The van der Waals surface area contributed by atoms with Crippen LogP contribution in [-0.4, -0.2) is 31.5 Å². The molecule has 5 heteroatoms. The van der Waals surface area contributed by atoms with Crippen LogP contribution in [0.1, 0.15) is 18.4 Å². The molecule has 1 aliphatic heterocycles. The molecule has 0 unspecified atom stereocenters. The third-order valence-electron chi connectivity index (χ3n) is 3.95. The van der Waals surface area contributed by atoms with Gasteiger partial charge in [0.1, 0.15) is 0 Å². The lowest BCUT2D eigenvalue weighted by atomic mass is 10.1. The molecule has 19 heavy (non-hydrogen) atoms. The number of ether oxygens (including phenoxy) is 2. The highest BCUT2D eigenvalue weighted by Crippen LogP contribution is 2.47. The van der Waals surface area contributed by atoms with Crippen molar-refractivity contribution >= 4 is 11.7 Å². The third-order valence-corrected chi connectivity index (χ3v) is 3.95. The van der Waals surface area contributed by atoms with Crippen molar-refractivity contribution in [2.75, 3.05) is 25.3 Å². The average Bonchev–Trinajstić information content (AvgIpc) is 3.00. The van der Waals surface area contributed by atoms with Crippen LogP contribution in [0.5, 0.6) is 11.5 Å². The van der Waals surface area contributed by atoms with Crippen molar-refractivity contribution in [2.24, 2.45) is 5.41 Å². The Hall–Kier alpha value is -1.91. The van der Waals surface area contributed by atoms with Crippen LogP contribution in [0.2, 0.25) is 0 Å². The number of fused-ring (bicyclic) bond motifs is 1. The summed E-state index contributed by atoms with van der Waals surface area (Å²) in [5.74, 6) is 0.791. The lowest BCUT2D eigenvalue weighted by molar-refractivity contribution is -0.142. The second kappa shape index (κ2) is 4.05. The first-order valence-corrected chi connectivity index (χ1v) is 6.37. The molecule has 1 aliphatic carbocycles. The van der Waals surface area contributed by atoms with Gasteiger partial charge in [-0.25, -0.2) is 0 Å². The fourth-order valence-electron chi connectivity index (χ4n) is 2.57. The fraction of sp³-hybridized carbons (Fsp3) is 0.500. The van der Waals surface area contributed by atoms with Crippen molar-refractivity contribution in [3.05, 3.63) is 17.7 Å². The van der Waals surface area contributed by atoms with Gasteiger partial charge in [-0.2, -0.15) is 0 Å². The molecule has 0 atom stereocenters. The van der Waals surface area contributed by atoms with Crippen molar-refractivity contribution in [3.63, 3.8) is 0 Å². The first-order valence-electron chi connectivity index (χ1n) is 6.37. The second-order valence-electron chi connectivity index (χ2n) is 5.43. The van der Waals surface area contributed by atoms with E-state index in [-0.39, 0.29) is 6.79 Å². The van der Waals surface area contributed by atoms with E-state index in [1.165, 1.54) is 0 Å². The molecule has 0 radical (unpaired) electrons. The molecule has 1 saturated carbocycles. The summed E-state index contributed by atoms with van der Waals surface area (Å²) >= 11 is 0. The predicted octanol–water partition coefficient (Wildman–Crippen LogP) is 2.02. The minimum Gasteiger partial charge on any atom is -0.481 e. The summed E-state index contributed by atoms with van der Waals surface area (Å²) in [4.78, 5) is 13.2. The molecule has 1 aromatic carbocycles. The molecule has 5 nitrogen and oxygen atoms in total. The molecule has 0 bridgehead atoms. The van der Waals surface area contributed by atoms with Crippen LogP contribution in [0, 0.1) is 12.3 Å². The molecule has 2 aliphatic rings. The number of hydrogen-bond donors (Lipinski definition) is 1. The maximum Gasteiger partial charge on any atom is 0.311 e. The zero-order valence-electron chi connectivity index (χ0n) is 11.1. The van der Waals surface area contributed by atoms with Crippen molar-refractivity contribution < 1.29 is 19.4 Å². The van der Waals surface area contributed by atoms with E-state index >= 15 is 0 Å². The fourth-order valence-corrected chi connectivity index (χ4v) is 2.57. The van der Waals surface area contributed by atoms with Crippen LogP contribution in [0.4, 0.5) is 5.69 Å². The minimum atomic E-state index is -0.697. The zero-order valence-corrected chi connectivity index (χ0v) is 11.1. The van der Waals surface area contributed by atoms with E-state index in [4.69, 9.17) is 9.47 Å². The molecule has 1 N–H and O–H groups in total.